The first kappa shape index (κ1) is 24.8. The van der Waals surface area contributed by atoms with E-state index in [2.05, 4.69) is 0 Å². The molecule has 4 nitrogen and oxygen atoms in total. The second-order valence-corrected chi connectivity index (χ2v) is 15.1. The van der Waals surface area contributed by atoms with E-state index >= 15 is 0 Å². The highest BCUT2D eigenvalue weighted by atomic mass is 16.3. The number of fused-ring (bicyclic) bond motifs is 1. The average molecular weight is 795 g/mol. The van der Waals surface area contributed by atoms with Crippen LogP contribution in [0.15, 0.2) is 164 Å². The standard InChI is InChI=1S/C56H49N3O/c1-35-27-37(3)54(60)50(28-35)55-58-53-48(19-14-20-52(53)59(55)47-29-36(2)38(4)49(34-47)41-17-12-9-13-18-41)44-30-43(39-15-10-8-11-16-39)31-45(32-44)51-33-42(25-26-57-51)40-21-23-46(24-22-40)56(5,6)7/h8-34,60H,1-7H3/i2D3,4D3,5D3,6D3,7D3. The molecule has 294 valence electrons. The first-order valence-corrected chi connectivity index (χ1v) is 19.5. The number of aromatic nitrogens is 3. The van der Waals surface area contributed by atoms with E-state index < -0.39 is 39.7 Å². The largest absolute Gasteiger partial charge is 0.507 e. The number of pyridine rings is 1. The van der Waals surface area contributed by atoms with Crippen LogP contribution in [0.25, 0.3) is 83.9 Å². The number of aryl methyl sites for hydroxylation is 3. The van der Waals surface area contributed by atoms with Gasteiger partial charge in [-0.05, 0) is 154 Å². The molecule has 0 saturated heterocycles. The summed E-state index contributed by atoms with van der Waals surface area (Å²) in [5.74, 6) is 0.227. The summed E-state index contributed by atoms with van der Waals surface area (Å²) >= 11 is 0. The summed E-state index contributed by atoms with van der Waals surface area (Å²) in [6.07, 6.45) is 1.60. The summed E-state index contributed by atoms with van der Waals surface area (Å²) < 4.78 is 127. The zero-order valence-corrected chi connectivity index (χ0v) is 32.9. The van der Waals surface area contributed by atoms with Crippen LogP contribution in [0.2, 0.25) is 0 Å². The van der Waals surface area contributed by atoms with Crippen LogP contribution in [0.1, 0.15) is 68.9 Å². The fourth-order valence-electron chi connectivity index (χ4n) is 7.91. The molecule has 0 spiro atoms. The first-order valence-electron chi connectivity index (χ1n) is 27.0. The number of benzene rings is 7. The highest BCUT2D eigenvalue weighted by Crippen LogP contribution is 2.42. The molecular weight excluding hydrogens is 731 g/mol. The van der Waals surface area contributed by atoms with Crippen molar-refractivity contribution in [3.63, 3.8) is 0 Å². The molecule has 7 aromatic carbocycles. The van der Waals surface area contributed by atoms with Gasteiger partial charge in [-0.3, -0.25) is 9.55 Å². The third-order valence-corrected chi connectivity index (χ3v) is 10.9. The molecule has 9 rings (SSSR count). The van der Waals surface area contributed by atoms with Crippen LogP contribution >= 0.6 is 0 Å². The Balaban J connectivity index is 1.27. The van der Waals surface area contributed by atoms with Crippen LogP contribution in [0.3, 0.4) is 0 Å². The van der Waals surface area contributed by atoms with E-state index in [9.17, 15) is 5.11 Å². The molecule has 2 aromatic heterocycles. The molecule has 0 amide bonds. The lowest BCUT2D eigenvalue weighted by Crippen LogP contribution is -2.10. The van der Waals surface area contributed by atoms with Gasteiger partial charge in [-0.15, -0.1) is 0 Å². The number of rotatable bonds is 7. The summed E-state index contributed by atoms with van der Waals surface area (Å²) in [5.41, 5.74) is 5.00. The third-order valence-electron chi connectivity index (χ3n) is 10.9. The smallest absolute Gasteiger partial charge is 0.149 e. The van der Waals surface area contributed by atoms with E-state index in [1.807, 2.05) is 85.8 Å². The maximum absolute atomic E-state index is 11.8. The van der Waals surface area contributed by atoms with E-state index in [1.54, 1.807) is 66.2 Å². The minimum Gasteiger partial charge on any atom is -0.507 e. The Morgan fingerprint density at radius 3 is 2.00 bits per heavy atom. The fraction of sp³-hybridized carbons (Fsp3) is 0.143. The van der Waals surface area contributed by atoms with Crippen molar-refractivity contribution in [1.29, 1.82) is 0 Å². The number of imidazole rings is 1. The predicted octanol–water partition coefficient (Wildman–Crippen LogP) is 14.7. The topological polar surface area (TPSA) is 50.9 Å². The lowest BCUT2D eigenvalue weighted by Gasteiger charge is -2.19. The van der Waals surface area contributed by atoms with E-state index in [4.69, 9.17) is 30.5 Å². The number of phenolic OH excluding ortho intramolecular Hbond substituents is 1. The molecule has 4 heteroatoms. The summed E-state index contributed by atoms with van der Waals surface area (Å²) in [6, 6.07) is 45.7. The Labute approximate surface area is 374 Å². The van der Waals surface area contributed by atoms with Crippen LogP contribution in [0.4, 0.5) is 0 Å². The summed E-state index contributed by atoms with van der Waals surface area (Å²) in [5, 5.41) is 11.8. The Bertz CT molecular complexity index is 3580. The SMILES string of the molecule is [2H]C([2H])([2H])c1cc(-n2c(-c3cc(C)cc(C)c3O)nc3c(-c4cc(-c5ccccc5)cc(-c5cc(-c6ccc(C(C([2H])([2H])[2H])(C([2H])([2H])[2H])C([2H])([2H])[2H])cc6)ccn5)c4)cccc32)cc(-c2ccccc2)c1C([2H])([2H])[2H]. The Morgan fingerprint density at radius 1 is 0.550 bits per heavy atom. The Morgan fingerprint density at radius 2 is 1.27 bits per heavy atom. The van der Waals surface area contributed by atoms with Gasteiger partial charge in [-0.25, -0.2) is 4.98 Å². The van der Waals surface area contributed by atoms with Crippen molar-refractivity contribution in [2.24, 2.45) is 0 Å². The molecular formula is C56H49N3O. The summed E-state index contributed by atoms with van der Waals surface area (Å²) in [7, 11) is 0. The monoisotopic (exact) mass is 794 g/mol. The van der Waals surface area contributed by atoms with Gasteiger partial charge in [-0.1, -0.05) is 124 Å². The van der Waals surface area contributed by atoms with Crippen LogP contribution in [0.5, 0.6) is 5.75 Å². The molecule has 0 aliphatic rings. The first-order chi connectivity index (χ1) is 35.1. The van der Waals surface area contributed by atoms with Crippen molar-refractivity contribution < 1.29 is 25.7 Å². The zero-order chi connectivity index (χ0) is 54.2. The second-order valence-electron chi connectivity index (χ2n) is 15.1. The zero-order valence-electron chi connectivity index (χ0n) is 47.9. The third kappa shape index (κ3) is 7.20. The average Bonchev–Trinajstić information content (AvgIpc) is 3.73. The number of phenols is 1. The molecule has 0 saturated carbocycles. The van der Waals surface area contributed by atoms with Gasteiger partial charge in [0.25, 0.3) is 0 Å². The van der Waals surface area contributed by atoms with Crippen molar-refractivity contribution in [2.45, 2.75) is 53.5 Å². The van der Waals surface area contributed by atoms with Crippen molar-refractivity contribution >= 4 is 11.0 Å². The number of aromatic hydroxyl groups is 1. The maximum atomic E-state index is 11.8. The minimum absolute atomic E-state index is 0.0442. The molecule has 0 unspecified atom stereocenters. The molecule has 0 aliphatic heterocycles. The Hall–Kier alpha value is -7.04. The van der Waals surface area contributed by atoms with E-state index in [0.717, 1.165) is 16.7 Å². The molecule has 0 aliphatic carbocycles. The molecule has 1 N–H and O–H groups in total. The van der Waals surface area contributed by atoms with Gasteiger partial charge in [0.1, 0.15) is 11.6 Å². The molecule has 0 atom stereocenters. The highest BCUT2D eigenvalue weighted by molar-refractivity contribution is 5.98. The van der Waals surface area contributed by atoms with Gasteiger partial charge >= 0.3 is 0 Å². The van der Waals surface area contributed by atoms with Crippen molar-refractivity contribution in [3.05, 3.63) is 192 Å². The van der Waals surface area contributed by atoms with Gasteiger partial charge < -0.3 is 5.11 Å². The second kappa shape index (κ2) is 15.3. The van der Waals surface area contributed by atoms with Gasteiger partial charge in [0.2, 0.25) is 0 Å². The normalized spacial score (nSPS) is 16.4. The lowest BCUT2D eigenvalue weighted by atomic mass is 9.86. The van der Waals surface area contributed by atoms with Crippen molar-refractivity contribution in [2.75, 3.05) is 0 Å². The van der Waals surface area contributed by atoms with Gasteiger partial charge in [0.05, 0.1) is 22.3 Å². The number of hydrogen-bond acceptors (Lipinski definition) is 3. The van der Waals surface area contributed by atoms with Gasteiger partial charge in [0.15, 0.2) is 0 Å². The highest BCUT2D eigenvalue weighted by Gasteiger charge is 2.23. The quantitative estimate of drug-likeness (QED) is 0.175. The van der Waals surface area contributed by atoms with Crippen molar-refractivity contribution in [1.82, 2.24) is 14.5 Å². The van der Waals surface area contributed by atoms with Crippen LogP contribution in [0, 0.1) is 27.6 Å². The number of para-hydroxylation sites is 1. The summed E-state index contributed by atoms with van der Waals surface area (Å²) in [6.45, 7) is -12.3. The summed E-state index contributed by atoms with van der Waals surface area (Å²) in [4.78, 5) is 10.1. The molecule has 60 heavy (non-hydrogen) atoms. The molecule has 0 bridgehead atoms. The maximum Gasteiger partial charge on any atom is 0.149 e. The molecule has 2 heterocycles. The van der Waals surface area contributed by atoms with Gasteiger partial charge in [0, 0.05) is 43.6 Å². The van der Waals surface area contributed by atoms with Crippen LogP contribution in [-0.2, 0) is 5.41 Å². The number of nitrogens with zero attached hydrogens (tertiary/aromatic N) is 3. The number of hydrogen-bond donors (Lipinski definition) is 1. The van der Waals surface area contributed by atoms with Gasteiger partial charge in [-0.2, -0.15) is 0 Å². The van der Waals surface area contributed by atoms with Crippen molar-refractivity contribution in [3.8, 4) is 78.6 Å². The van der Waals surface area contributed by atoms with E-state index in [0.29, 0.717) is 66.9 Å². The van der Waals surface area contributed by atoms with E-state index in [-0.39, 0.29) is 33.8 Å². The minimum atomic E-state index is -3.41. The molecule has 0 radical (unpaired) electrons. The predicted molar refractivity (Wildman–Crippen MR) is 251 cm³/mol. The Kier molecular flexibility index (Phi) is 6.31. The van der Waals surface area contributed by atoms with Crippen LogP contribution < -0.4 is 0 Å². The molecule has 9 aromatic rings. The van der Waals surface area contributed by atoms with Crippen LogP contribution in [-0.4, -0.2) is 19.6 Å². The lowest BCUT2D eigenvalue weighted by molar-refractivity contribution is 0.472. The molecule has 0 fully saturated rings. The van der Waals surface area contributed by atoms with E-state index in [1.165, 1.54) is 30.3 Å². The fourth-order valence-corrected chi connectivity index (χ4v) is 7.91.